The summed E-state index contributed by atoms with van der Waals surface area (Å²) in [5.41, 5.74) is 1.50. The average Bonchev–Trinajstić information content (AvgIpc) is 2.70. The second-order valence-electron chi connectivity index (χ2n) is 7.22. The molecule has 0 saturated carbocycles. The van der Waals surface area contributed by atoms with Crippen molar-refractivity contribution in [3.63, 3.8) is 0 Å². The molecule has 6 nitrogen and oxygen atoms in total. The third kappa shape index (κ3) is 5.22. The molecule has 0 unspecified atom stereocenters. The molecule has 3 rings (SSSR count). The Morgan fingerprint density at radius 3 is 2.76 bits per heavy atom. The smallest absolute Gasteiger partial charge is 0.263 e. The molecule has 1 heterocycles. The maximum absolute atomic E-state index is 13.1. The summed E-state index contributed by atoms with van der Waals surface area (Å²) in [6, 6.07) is 14.8. The van der Waals surface area contributed by atoms with Crippen molar-refractivity contribution in [3.8, 4) is 5.75 Å². The van der Waals surface area contributed by atoms with Gasteiger partial charge in [-0.05, 0) is 50.1 Å². The SMILES string of the molecule is CCCCN(Cc1nc2ccccc2c(=O)[nH]1)C(=O)[C@H](C)Oc1cccc(C)c1. The second kappa shape index (κ2) is 9.37. The van der Waals surface area contributed by atoms with Gasteiger partial charge in [-0.15, -0.1) is 0 Å². The second-order valence-corrected chi connectivity index (χ2v) is 7.22. The van der Waals surface area contributed by atoms with E-state index in [1.54, 1.807) is 30.0 Å². The first kappa shape index (κ1) is 20.6. The van der Waals surface area contributed by atoms with Crippen LogP contribution in [0.25, 0.3) is 10.9 Å². The maximum atomic E-state index is 13.1. The number of fused-ring (bicyclic) bond motifs is 1. The highest BCUT2D eigenvalue weighted by atomic mass is 16.5. The van der Waals surface area contributed by atoms with Gasteiger partial charge in [-0.25, -0.2) is 4.98 Å². The molecule has 0 aliphatic carbocycles. The number of amides is 1. The molecule has 1 N–H and O–H groups in total. The monoisotopic (exact) mass is 393 g/mol. The Morgan fingerprint density at radius 2 is 2.00 bits per heavy atom. The van der Waals surface area contributed by atoms with Gasteiger partial charge in [-0.3, -0.25) is 9.59 Å². The van der Waals surface area contributed by atoms with Crippen molar-refractivity contribution in [2.24, 2.45) is 0 Å². The highest BCUT2D eigenvalue weighted by Crippen LogP contribution is 2.16. The van der Waals surface area contributed by atoms with Crippen molar-refractivity contribution >= 4 is 16.8 Å². The number of unbranched alkanes of at least 4 members (excludes halogenated alkanes) is 1. The fourth-order valence-corrected chi connectivity index (χ4v) is 3.21. The Kier molecular flexibility index (Phi) is 6.65. The Hall–Kier alpha value is -3.15. The molecule has 3 aromatic rings. The van der Waals surface area contributed by atoms with E-state index < -0.39 is 6.10 Å². The minimum absolute atomic E-state index is 0.129. The number of aromatic nitrogens is 2. The van der Waals surface area contributed by atoms with Gasteiger partial charge in [0.1, 0.15) is 11.6 Å². The molecule has 0 spiro atoms. The number of hydrogen-bond donors (Lipinski definition) is 1. The summed E-state index contributed by atoms with van der Waals surface area (Å²) in [5, 5.41) is 0.541. The molecular weight excluding hydrogens is 366 g/mol. The molecule has 0 radical (unpaired) electrons. The minimum atomic E-state index is -0.638. The van der Waals surface area contributed by atoms with E-state index >= 15 is 0 Å². The van der Waals surface area contributed by atoms with E-state index in [1.807, 2.05) is 37.3 Å². The number of carbonyl (C=O) groups is 1. The zero-order chi connectivity index (χ0) is 20.8. The molecule has 1 amide bonds. The van der Waals surface area contributed by atoms with Crippen LogP contribution in [0.3, 0.4) is 0 Å². The number of benzene rings is 2. The van der Waals surface area contributed by atoms with Gasteiger partial charge < -0.3 is 14.6 Å². The zero-order valence-corrected chi connectivity index (χ0v) is 17.1. The molecule has 0 aliphatic rings. The van der Waals surface area contributed by atoms with Crippen molar-refractivity contribution in [3.05, 3.63) is 70.3 Å². The van der Waals surface area contributed by atoms with Crippen molar-refractivity contribution < 1.29 is 9.53 Å². The lowest BCUT2D eigenvalue weighted by Gasteiger charge is -2.26. The van der Waals surface area contributed by atoms with E-state index in [1.165, 1.54) is 0 Å². The lowest BCUT2D eigenvalue weighted by Crippen LogP contribution is -2.41. The normalized spacial score (nSPS) is 12.0. The van der Waals surface area contributed by atoms with E-state index in [0.29, 0.717) is 29.0 Å². The van der Waals surface area contributed by atoms with Crippen LogP contribution in [-0.2, 0) is 11.3 Å². The molecule has 1 aromatic heterocycles. The van der Waals surface area contributed by atoms with E-state index in [9.17, 15) is 9.59 Å². The van der Waals surface area contributed by atoms with Gasteiger partial charge >= 0.3 is 0 Å². The molecule has 0 saturated heterocycles. The largest absolute Gasteiger partial charge is 0.481 e. The van der Waals surface area contributed by atoms with Crippen molar-refractivity contribution in [2.75, 3.05) is 6.54 Å². The summed E-state index contributed by atoms with van der Waals surface area (Å²) >= 11 is 0. The standard InChI is InChI=1S/C23H27N3O3/c1-4-5-13-26(23(28)17(3)29-18-10-8-9-16(2)14-18)15-21-24-20-12-7-6-11-19(20)22(27)25-21/h6-12,14,17H,4-5,13,15H2,1-3H3,(H,24,25,27)/t17-/m0/s1. The van der Waals surface area contributed by atoms with E-state index in [4.69, 9.17) is 4.74 Å². The molecule has 1 atom stereocenters. The van der Waals surface area contributed by atoms with Gasteiger partial charge in [0.25, 0.3) is 11.5 Å². The molecule has 152 valence electrons. The lowest BCUT2D eigenvalue weighted by atomic mass is 10.2. The quantitative estimate of drug-likeness (QED) is 0.631. The lowest BCUT2D eigenvalue weighted by molar-refractivity contribution is -0.138. The first-order valence-corrected chi connectivity index (χ1v) is 9.98. The van der Waals surface area contributed by atoms with E-state index in [-0.39, 0.29) is 18.0 Å². The number of nitrogens with one attached hydrogen (secondary N) is 1. The summed E-state index contributed by atoms with van der Waals surface area (Å²) in [5.74, 6) is 1.01. The van der Waals surface area contributed by atoms with Crippen LogP contribution < -0.4 is 10.3 Å². The van der Waals surface area contributed by atoms with Gasteiger partial charge in [0.15, 0.2) is 6.10 Å². The predicted octanol–water partition coefficient (Wildman–Crippen LogP) is 3.83. The number of aromatic amines is 1. The summed E-state index contributed by atoms with van der Waals surface area (Å²) in [6.45, 7) is 6.62. The first-order valence-electron chi connectivity index (χ1n) is 9.98. The third-order valence-electron chi connectivity index (χ3n) is 4.75. The molecule has 0 bridgehead atoms. The molecule has 2 aromatic carbocycles. The van der Waals surface area contributed by atoms with E-state index in [2.05, 4.69) is 16.9 Å². The van der Waals surface area contributed by atoms with Gasteiger partial charge in [-0.1, -0.05) is 37.6 Å². The Bertz CT molecular complexity index is 1040. The summed E-state index contributed by atoms with van der Waals surface area (Å²) in [6.07, 6.45) is 1.18. The molecular formula is C23H27N3O3. The predicted molar refractivity (Wildman–Crippen MR) is 114 cm³/mol. The van der Waals surface area contributed by atoms with Crippen molar-refractivity contribution in [1.29, 1.82) is 0 Å². The number of aryl methyl sites for hydroxylation is 1. The van der Waals surface area contributed by atoms with Gasteiger partial charge in [0.05, 0.1) is 17.4 Å². The minimum Gasteiger partial charge on any atom is -0.481 e. The number of para-hydroxylation sites is 1. The summed E-state index contributed by atoms with van der Waals surface area (Å²) in [4.78, 5) is 34.5. The maximum Gasteiger partial charge on any atom is 0.263 e. The number of ether oxygens (including phenoxy) is 1. The van der Waals surface area contributed by atoms with Crippen LogP contribution in [0.1, 0.15) is 38.1 Å². The molecule has 6 heteroatoms. The summed E-state index contributed by atoms with van der Waals surface area (Å²) in [7, 11) is 0. The highest BCUT2D eigenvalue weighted by Gasteiger charge is 2.23. The molecule has 29 heavy (non-hydrogen) atoms. The van der Waals surface area contributed by atoms with Gasteiger partial charge in [-0.2, -0.15) is 0 Å². The summed E-state index contributed by atoms with van der Waals surface area (Å²) < 4.78 is 5.87. The Labute approximate surface area is 170 Å². The number of H-pyrrole nitrogens is 1. The molecule has 0 fully saturated rings. The van der Waals surface area contributed by atoms with Crippen molar-refractivity contribution in [2.45, 2.75) is 46.3 Å². The van der Waals surface area contributed by atoms with Gasteiger partial charge in [0, 0.05) is 6.54 Å². The van der Waals surface area contributed by atoms with Gasteiger partial charge in [0.2, 0.25) is 0 Å². The third-order valence-corrected chi connectivity index (χ3v) is 4.75. The topological polar surface area (TPSA) is 75.3 Å². The molecule has 0 aliphatic heterocycles. The fraction of sp³-hybridized carbons (Fsp3) is 0.348. The van der Waals surface area contributed by atoms with Crippen LogP contribution in [0.2, 0.25) is 0 Å². The average molecular weight is 393 g/mol. The van der Waals surface area contributed by atoms with Crippen LogP contribution in [0.5, 0.6) is 5.75 Å². The number of carbonyl (C=O) groups excluding carboxylic acids is 1. The van der Waals surface area contributed by atoms with Crippen LogP contribution in [0.4, 0.5) is 0 Å². The number of hydrogen-bond acceptors (Lipinski definition) is 4. The van der Waals surface area contributed by atoms with Crippen LogP contribution >= 0.6 is 0 Å². The Balaban J connectivity index is 1.79. The number of rotatable bonds is 8. The van der Waals surface area contributed by atoms with E-state index in [0.717, 1.165) is 18.4 Å². The van der Waals surface area contributed by atoms with Crippen LogP contribution in [-0.4, -0.2) is 33.4 Å². The zero-order valence-electron chi connectivity index (χ0n) is 17.1. The number of nitrogens with zero attached hydrogens (tertiary/aromatic N) is 2. The van der Waals surface area contributed by atoms with Crippen LogP contribution in [0, 0.1) is 6.92 Å². The fourth-order valence-electron chi connectivity index (χ4n) is 3.21. The van der Waals surface area contributed by atoms with Crippen LogP contribution in [0.15, 0.2) is 53.3 Å². The Morgan fingerprint density at radius 1 is 1.21 bits per heavy atom. The first-order chi connectivity index (χ1) is 14.0. The van der Waals surface area contributed by atoms with Crippen molar-refractivity contribution in [1.82, 2.24) is 14.9 Å². The highest BCUT2D eigenvalue weighted by molar-refractivity contribution is 5.81.